The molecule has 0 atom stereocenters. The Morgan fingerprint density at radius 2 is 1.92 bits per heavy atom. The van der Waals surface area contributed by atoms with Crippen molar-refractivity contribution in [3.05, 3.63) is 65.2 Å². The molecular formula is C25H29F3N4O5S. The van der Waals surface area contributed by atoms with Gasteiger partial charge in [-0.1, -0.05) is 30.4 Å². The first-order chi connectivity index (χ1) is 17.8. The fourth-order valence-electron chi connectivity index (χ4n) is 3.99. The minimum atomic E-state index is -4.85. The van der Waals surface area contributed by atoms with E-state index in [9.17, 15) is 26.4 Å². The van der Waals surface area contributed by atoms with Crippen LogP contribution in [0.4, 0.5) is 18.9 Å². The Morgan fingerprint density at radius 1 is 1.24 bits per heavy atom. The third kappa shape index (κ3) is 7.71. The van der Waals surface area contributed by atoms with Gasteiger partial charge >= 0.3 is 12.1 Å². The Kier molecular flexibility index (Phi) is 9.05. The summed E-state index contributed by atoms with van der Waals surface area (Å²) in [5.74, 6) is -3.54. The number of nitrogens with one attached hydrogen (secondary N) is 1. The molecule has 1 heterocycles. The molecule has 2 aromatic rings. The largest absolute Gasteiger partial charge is 0.490 e. The van der Waals surface area contributed by atoms with Gasteiger partial charge in [0.25, 0.3) is 0 Å². The molecule has 0 saturated carbocycles. The highest BCUT2D eigenvalue weighted by molar-refractivity contribution is 7.93. The van der Waals surface area contributed by atoms with Crippen molar-refractivity contribution in [3.8, 4) is 5.75 Å². The quantitative estimate of drug-likeness (QED) is 0.302. The van der Waals surface area contributed by atoms with Crippen molar-refractivity contribution >= 4 is 33.6 Å². The summed E-state index contributed by atoms with van der Waals surface area (Å²) in [6.45, 7) is 0.909. The number of rotatable bonds is 10. The number of nitrogens with two attached hydrogens (primary N) is 1. The number of halogens is 3. The number of sulfonamides is 1. The van der Waals surface area contributed by atoms with E-state index >= 15 is 0 Å². The number of likely N-dealkylation sites (tertiary alicyclic amines) is 1. The first-order valence-corrected chi connectivity index (χ1v) is 13.3. The molecule has 1 fully saturated rings. The first-order valence-electron chi connectivity index (χ1n) is 11.7. The Labute approximate surface area is 218 Å². The Hall–Kier alpha value is -3.58. The lowest BCUT2D eigenvalue weighted by molar-refractivity contribution is -0.139. The highest BCUT2D eigenvalue weighted by Crippen LogP contribution is 2.40. The van der Waals surface area contributed by atoms with E-state index in [4.69, 9.17) is 21.0 Å². The number of aliphatic carboxylic acids is 1. The predicted octanol–water partition coefficient (Wildman–Crippen LogP) is 3.40. The SMILES string of the molecule is CN1CCC(Oc2ccc(N(CC=Cc3cccc(C(=N)N)c3)S(=O)(=O)CC(=O)O)cc2C(F)(F)F)CC1. The van der Waals surface area contributed by atoms with Crippen LogP contribution in [0, 0.1) is 5.41 Å². The third-order valence-electron chi connectivity index (χ3n) is 5.94. The summed E-state index contributed by atoms with van der Waals surface area (Å²) in [5.41, 5.74) is 4.97. The summed E-state index contributed by atoms with van der Waals surface area (Å²) in [6.07, 6.45) is -1.30. The van der Waals surface area contributed by atoms with Gasteiger partial charge in [0.1, 0.15) is 17.7 Å². The van der Waals surface area contributed by atoms with Gasteiger partial charge in [-0.2, -0.15) is 13.2 Å². The van der Waals surface area contributed by atoms with Crippen molar-refractivity contribution in [1.29, 1.82) is 5.41 Å². The van der Waals surface area contributed by atoms with Gasteiger partial charge in [-0.15, -0.1) is 0 Å². The van der Waals surface area contributed by atoms with Gasteiger partial charge in [0.2, 0.25) is 10.0 Å². The number of hydrogen-bond acceptors (Lipinski definition) is 6. The number of carbonyl (C=O) groups is 1. The number of nitrogen functional groups attached to an aromatic ring is 1. The van der Waals surface area contributed by atoms with Crippen LogP contribution in [0.1, 0.15) is 29.5 Å². The molecule has 0 aliphatic carbocycles. The molecule has 0 radical (unpaired) electrons. The van der Waals surface area contributed by atoms with Gasteiger partial charge in [0, 0.05) is 18.7 Å². The zero-order valence-corrected chi connectivity index (χ0v) is 21.4. The maximum Gasteiger partial charge on any atom is 0.420 e. The molecule has 0 amide bonds. The number of carboxylic acid groups (broad SMARTS) is 1. The highest BCUT2D eigenvalue weighted by Gasteiger charge is 2.37. The van der Waals surface area contributed by atoms with Crippen molar-refractivity contribution in [2.45, 2.75) is 25.1 Å². The number of benzene rings is 2. The van der Waals surface area contributed by atoms with E-state index in [1.807, 2.05) is 11.9 Å². The zero-order chi connectivity index (χ0) is 28.1. The molecule has 0 unspecified atom stereocenters. The number of anilines is 1. The number of piperidine rings is 1. The number of ether oxygens (including phenoxy) is 1. The highest BCUT2D eigenvalue weighted by atomic mass is 32.2. The second kappa shape index (κ2) is 11.9. The molecule has 1 aliphatic heterocycles. The Morgan fingerprint density at radius 3 is 2.53 bits per heavy atom. The van der Waals surface area contributed by atoms with E-state index < -0.39 is 51.9 Å². The molecule has 0 aromatic heterocycles. The summed E-state index contributed by atoms with van der Waals surface area (Å²) in [4.78, 5) is 13.3. The number of carboxylic acids is 1. The molecule has 1 aliphatic rings. The van der Waals surface area contributed by atoms with Crippen LogP contribution in [0.5, 0.6) is 5.75 Å². The fourth-order valence-corrected chi connectivity index (χ4v) is 5.20. The van der Waals surface area contributed by atoms with Gasteiger partial charge in [-0.25, -0.2) is 8.42 Å². The minimum Gasteiger partial charge on any atom is -0.490 e. The van der Waals surface area contributed by atoms with Crippen LogP contribution in [0.25, 0.3) is 6.08 Å². The first kappa shape index (κ1) is 29.0. The molecule has 2 aromatic carbocycles. The van der Waals surface area contributed by atoms with Crippen LogP contribution in [0.2, 0.25) is 0 Å². The molecular weight excluding hydrogens is 525 g/mol. The predicted molar refractivity (Wildman–Crippen MR) is 138 cm³/mol. The van der Waals surface area contributed by atoms with Crippen LogP contribution in [-0.4, -0.2) is 68.8 Å². The average molecular weight is 555 g/mol. The van der Waals surface area contributed by atoms with Gasteiger partial charge < -0.3 is 20.5 Å². The van der Waals surface area contributed by atoms with Gasteiger partial charge in [-0.3, -0.25) is 14.5 Å². The summed E-state index contributed by atoms with van der Waals surface area (Å²) in [6, 6.07) is 9.38. The van der Waals surface area contributed by atoms with Crippen LogP contribution in [0.3, 0.4) is 0 Å². The molecule has 206 valence electrons. The van der Waals surface area contributed by atoms with E-state index in [0.29, 0.717) is 47.4 Å². The maximum absolute atomic E-state index is 14.0. The van der Waals surface area contributed by atoms with Gasteiger partial charge in [0.15, 0.2) is 5.75 Å². The topological polar surface area (TPSA) is 137 Å². The van der Waals surface area contributed by atoms with E-state index in [1.165, 1.54) is 18.2 Å². The van der Waals surface area contributed by atoms with E-state index in [1.54, 1.807) is 24.3 Å². The van der Waals surface area contributed by atoms with Crippen molar-refractivity contribution in [2.24, 2.45) is 5.73 Å². The van der Waals surface area contributed by atoms with Crippen molar-refractivity contribution in [1.82, 2.24) is 4.90 Å². The molecule has 9 nitrogen and oxygen atoms in total. The van der Waals surface area contributed by atoms with Crippen LogP contribution >= 0.6 is 0 Å². The molecule has 0 bridgehead atoms. The molecule has 38 heavy (non-hydrogen) atoms. The second-order valence-corrected chi connectivity index (χ2v) is 10.8. The van der Waals surface area contributed by atoms with Crippen LogP contribution in [0.15, 0.2) is 48.5 Å². The Bertz CT molecular complexity index is 1310. The van der Waals surface area contributed by atoms with Gasteiger partial charge in [0.05, 0.1) is 17.8 Å². The minimum absolute atomic E-state index is 0.173. The van der Waals surface area contributed by atoms with Crippen LogP contribution < -0.4 is 14.8 Å². The summed E-state index contributed by atoms with van der Waals surface area (Å²) in [7, 11) is -2.63. The number of alkyl halides is 3. The molecule has 3 rings (SSSR count). The summed E-state index contributed by atoms with van der Waals surface area (Å²) >= 11 is 0. The number of hydrogen-bond donors (Lipinski definition) is 3. The monoisotopic (exact) mass is 554 g/mol. The number of amidine groups is 1. The molecule has 1 saturated heterocycles. The lowest BCUT2D eigenvalue weighted by atomic mass is 10.1. The third-order valence-corrected chi connectivity index (χ3v) is 7.58. The standard InChI is InChI=1S/C25H29F3N4O5S/c1-31-12-9-20(10-13-31)37-22-8-7-19(15-21(22)25(26,27)28)32(38(35,36)16-23(33)34)11-3-5-17-4-2-6-18(14-17)24(29)30/h2-8,14-15,20H,9-13,16H2,1H3,(H3,29,30)(H,33,34). The summed E-state index contributed by atoms with van der Waals surface area (Å²) < 4.78 is 74.0. The average Bonchev–Trinajstić information content (AvgIpc) is 2.82. The van der Waals surface area contributed by atoms with E-state index in [-0.39, 0.29) is 11.5 Å². The smallest absolute Gasteiger partial charge is 0.420 e. The van der Waals surface area contributed by atoms with Crippen molar-refractivity contribution < 1.29 is 36.2 Å². The van der Waals surface area contributed by atoms with Crippen molar-refractivity contribution in [2.75, 3.05) is 36.7 Å². The molecule has 0 spiro atoms. The van der Waals surface area contributed by atoms with Gasteiger partial charge in [-0.05, 0) is 49.7 Å². The zero-order valence-electron chi connectivity index (χ0n) is 20.6. The second-order valence-electron chi connectivity index (χ2n) is 8.92. The van der Waals surface area contributed by atoms with E-state index in [2.05, 4.69) is 0 Å². The van der Waals surface area contributed by atoms with Crippen molar-refractivity contribution in [3.63, 3.8) is 0 Å². The van der Waals surface area contributed by atoms with E-state index in [0.717, 1.165) is 6.07 Å². The molecule has 4 N–H and O–H groups in total. The normalized spacial score (nSPS) is 15.5. The maximum atomic E-state index is 14.0. The fraction of sp³-hybridized carbons (Fsp3) is 0.360. The summed E-state index contributed by atoms with van der Waals surface area (Å²) in [5, 5.41) is 16.6. The number of nitrogens with zero attached hydrogens (tertiary/aromatic N) is 2. The lowest BCUT2D eigenvalue weighted by Crippen LogP contribution is -2.36. The molecule has 13 heteroatoms. The Balaban J connectivity index is 1.95. The lowest BCUT2D eigenvalue weighted by Gasteiger charge is -2.30. The van der Waals surface area contributed by atoms with Crippen LogP contribution in [-0.2, 0) is 21.0 Å².